The van der Waals surface area contributed by atoms with Crippen molar-refractivity contribution in [3.8, 4) is 0 Å². The van der Waals surface area contributed by atoms with Crippen LogP contribution in [0, 0.1) is 5.92 Å². The average molecular weight is 773 g/mol. The zero-order valence-corrected chi connectivity index (χ0v) is 31.5. The lowest BCUT2D eigenvalue weighted by Crippen LogP contribution is -2.59. The number of hydrogen-bond acceptors (Lipinski definition) is 12. The molecule has 0 spiro atoms. The molecule has 0 fully saturated rings. The second-order valence-corrected chi connectivity index (χ2v) is 13.3. The van der Waals surface area contributed by atoms with Crippen molar-refractivity contribution >= 4 is 47.4 Å². The van der Waals surface area contributed by atoms with Gasteiger partial charge in [0.1, 0.15) is 30.2 Å². The summed E-state index contributed by atoms with van der Waals surface area (Å²) in [5.74, 6) is -7.29. The molecule has 5 amide bonds. The molecular formula is C33H64N12O9. The molecule has 19 N–H and O–H groups in total. The van der Waals surface area contributed by atoms with Gasteiger partial charge in [-0.1, -0.05) is 13.8 Å². The molecule has 0 saturated heterocycles. The van der Waals surface area contributed by atoms with Gasteiger partial charge in [0.25, 0.3) is 0 Å². The van der Waals surface area contributed by atoms with E-state index in [9.17, 15) is 43.8 Å². The lowest BCUT2D eigenvalue weighted by Gasteiger charge is -2.27. The number of carboxylic acids is 2. The van der Waals surface area contributed by atoms with Crippen molar-refractivity contribution in [3.05, 3.63) is 0 Å². The normalized spacial score (nSPS) is 14.4. The third-order valence-corrected chi connectivity index (χ3v) is 8.29. The van der Waals surface area contributed by atoms with E-state index in [1.165, 1.54) is 0 Å². The molecule has 0 aliphatic carbocycles. The molecule has 0 aliphatic heterocycles. The minimum atomic E-state index is -1.61. The molecule has 21 heteroatoms. The Labute approximate surface area is 316 Å². The Morgan fingerprint density at radius 3 is 1.30 bits per heavy atom. The first-order valence-corrected chi connectivity index (χ1v) is 18.4. The van der Waals surface area contributed by atoms with Gasteiger partial charge in [-0.25, -0.2) is 4.79 Å². The van der Waals surface area contributed by atoms with Crippen molar-refractivity contribution in [2.45, 2.75) is 127 Å². The summed E-state index contributed by atoms with van der Waals surface area (Å²) in [6.45, 7) is 4.34. The average Bonchev–Trinajstić information content (AvgIpc) is 3.09. The molecule has 54 heavy (non-hydrogen) atoms. The number of rotatable bonds is 30. The SMILES string of the molecule is CC(C)[C@H](NC(=O)[C@H](CCCCN)NC(=O)[C@H](CCCCN)NC(=O)[C@H](CCCCN)NC(=O)[C@H](CC(=O)O)NC(=O)[C@@H](N)CCCN=C(N)N)C(=O)O. The molecule has 0 radical (unpaired) electrons. The van der Waals surface area contributed by atoms with Gasteiger partial charge in [0.2, 0.25) is 29.5 Å². The first-order chi connectivity index (χ1) is 25.5. The first-order valence-electron chi connectivity index (χ1n) is 18.4. The summed E-state index contributed by atoms with van der Waals surface area (Å²) in [5.41, 5.74) is 33.4. The number of unbranched alkanes of at least 4 members (excludes halogenated alkanes) is 3. The minimum Gasteiger partial charge on any atom is -0.481 e. The fourth-order valence-electron chi connectivity index (χ4n) is 5.18. The zero-order valence-electron chi connectivity index (χ0n) is 31.5. The van der Waals surface area contributed by atoms with E-state index in [2.05, 4.69) is 31.6 Å². The smallest absolute Gasteiger partial charge is 0.326 e. The van der Waals surface area contributed by atoms with E-state index in [0.717, 1.165) is 0 Å². The van der Waals surface area contributed by atoms with Gasteiger partial charge in [-0.2, -0.15) is 0 Å². The number of nitrogens with two attached hydrogens (primary N) is 6. The van der Waals surface area contributed by atoms with Crippen molar-refractivity contribution in [2.75, 3.05) is 26.2 Å². The Kier molecular flexibility index (Phi) is 25.5. The number of guanidine groups is 1. The highest BCUT2D eigenvalue weighted by Crippen LogP contribution is 2.10. The monoisotopic (exact) mass is 772 g/mol. The molecule has 0 heterocycles. The molecule has 21 nitrogen and oxygen atoms in total. The zero-order chi connectivity index (χ0) is 41.2. The highest BCUT2D eigenvalue weighted by molar-refractivity contribution is 5.97. The lowest BCUT2D eigenvalue weighted by molar-refractivity contribution is -0.143. The van der Waals surface area contributed by atoms with Crippen LogP contribution in [0.25, 0.3) is 0 Å². The van der Waals surface area contributed by atoms with Gasteiger partial charge in [-0.05, 0) is 96.2 Å². The molecule has 0 aromatic heterocycles. The van der Waals surface area contributed by atoms with Gasteiger partial charge >= 0.3 is 11.9 Å². The maximum atomic E-state index is 13.7. The van der Waals surface area contributed by atoms with Crippen LogP contribution in [0.5, 0.6) is 0 Å². The number of nitrogens with zero attached hydrogens (tertiary/aromatic N) is 1. The van der Waals surface area contributed by atoms with Crippen molar-refractivity contribution in [3.63, 3.8) is 0 Å². The maximum Gasteiger partial charge on any atom is 0.326 e. The number of carboxylic acid groups (broad SMARTS) is 2. The predicted molar refractivity (Wildman–Crippen MR) is 201 cm³/mol. The van der Waals surface area contributed by atoms with Crippen molar-refractivity contribution in [2.24, 2.45) is 45.3 Å². The van der Waals surface area contributed by atoms with Gasteiger partial charge in [0.15, 0.2) is 5.96 Å². The van der Waals surface area contributed by atoms with Crippen LogP contribution in [0.1, 0.15) is 90.9 Å². The Morgan fingerprint density at radius 1 is 0.556 bits per heavy atom. The van der Waals surface area contributed by atoms with E-state index in [4.69, 9.17) is 34.4 Å². The Hall–Kier alpha value is -4.60. The van der Waals surface area contributed by atoms with E-state index in [1.807, 2.05) is 0 Å². The molecule has 0 aliphatic rings. The second kappa shape index (κ2) is 27.9. The van der Waals surface area contributed by atoms with Gasteiger partial charge in [0, 0.05) is 6.54 Å². The number of carbonyl (C=O) groups is 7. The van der Waals surface area contributed by atoms with Crippen LogP contribution in [0.4, 0.5) is 0 Å². The molecule has 0 bridgehead atoms. The van der Waals surface area contributed by atoms with E-state index in [0.29, 0.717) is 58.0 Å². The van der Waals surface area contributed by atoms with Crippen LogP contribution in [0.3, 0.4) is 0 Å². The fourth-order valence-corrected chi connectivity index (χ4v) is 5.18. The molecular weight excluding hydrogens is 708 g/mol. The number of aliphatic imine (C=N–C) groups is 1. The molecule has 310 valence electrons. The van der Waals surface area contributed by atoms with Crippen LogP contribution in [-0.2, 0) is 33.6 Å². The second-order valence-electron chi connectivity index (χ2n) is 13.3. The minimum absolute atomic E-state index is 0.0415. The molecule has 0 saturated carbocycles. The van der Waals surface area contributed by atoms with Crippen molar-refractivity contribution in [1.82, 2.24) is 26.6 Å². The molecule has 0 aromatic carbocycles. The first kappa shape index (κ1) is 49.4. The third kappa shape index (κ3) is 21.2. The summed E-state index contributed by atoms with van der Waals surface area (Å²) in [6.07, 6.45) is 2.58. The molecule has 6 atom stereocenters. The molecule has 0 rings (SSSR count). The number of hydrogen-bond donors (Lipinski definition) is 13. The quantitative estimate of drug-likeness (QED) is 0.0190. The Morgan fingerprint density at radius 2 is 0.944 bits per heavy atom. The predicted octanol–water partition coefficient (Wildman–Crippen LogP) is -3.61. The summed E-state index contributed by atoms with van der Waals surface area (Å²) >= 11 is 0. The largest absolute Gasteiger partial charge is 0.481 e. The van der Waals surface area contributed by atoms with Crippen LogP contribution >= 0.6 is 0 Å². The van der Waals surface area contributed by atoms with E-state index in [-0.39, 0.29) is 44.7 Å². The highest BCUT2D eigenvalue weighted by atomic mass is 16.4. The van der Waals surface area contributed by atoms with Crippen LogP contribution in [0.15, 0.2) is 4.99 Å². The Bertz CT molecular complexity index is 1230. The lowest BCUT2D eigenvalue weighted by atomic mass is 10.0. The third-order valence-electron chi connectivity index (χ3n) is 8.29. The van der Waals surface area contributed by atoms with Gasteiger partial charge < -0.3 is 71.2 Å². The Balaban J connectivity index is 6.20. The standard InChI is InChI=1S/C33H64N12O9/c1-19(2)26(32(53)54)45-30(51)23(13-5-8-16-36)42-28(49)21(11-3-6-14-34)41-29(50)22(12-4-7-15-35)43-31(52)24(18-25(46)47)44-27(48)20(37)10-9-17-40-33(38)39/h19-24,26H,3-18,34-37H2,1-2H3,(H,41,50)(H,42,49)(H,43,52)(H,44,48)(H,45,51)(H,46,47)(H,53,54)(H4,38,39,40)/t20-,21-,22-,23-,24-,26-/m0/s1. The van der Waals surface area contributed by atoms with Crippen molar-refractivity contribution in [1.29, 1.82) is 0 Å². The number of carbonyl (C=O) groups excluding carboxylic acids is 5. The number of nitrogens with one attached hydrogen (secondary N) is 5. The van der Waals surface area contributed by atoms with E-state index < -0.39 is 90.1 Å². The van der Waals surface area contributed by atoms with Crippen LogP contribution < -0.4 is 61.0 Å². The summed E-state index contributed by atoms with van der Waals surface area (Å²) in [5, 5.41) is 31.6. The van der Waals surface area contributed by atoms with Gasteiger partial charge in [-0.15, -0.1) is 0 Å². The van der Waals surface area contributed by atoms with Gasteiger partial charge in [0.05, 0.1) is 12.5 Å². The van der Waals surface area contributed by atoms with E-state index in [1.54, 1.807) is 13.8 Å². The van der Waals surface area contributed by atoms with Crippen LogP contribution in [-0.4, -0.2) is 120 Å². The van der Waals surface area contributed by atoms with Crippen LogP contribution in [0.2, 0.25) is 0 Å². The number of aliphatic carboxylic acids is 2. The van der Waals surface area contributed by atoms with Crippen molar-refractivity contribution < 1.29 is 43.8 Å². The summed E-state index contributed by atoms with van der Waals surface area (Å²) in [6, 6.07) is -7.61. The molecule has 0 unspecified atom stereocenters. The summed E-state index contributed by atoms with van der Waals surface area (Å²) in [4.78, 5) is 94.1. The fraction of sp³-hybridized carbons (Fsp3) is 0.758. The van der Waals surface area contributed by atoms with E-state index >= 15 is 0 Å². The molecule has 0 aromatic rings. The highest BCUT2D eigenvalue weighted by Gasteiger charge is 2.33. The summed E-state index contributed by atoms with van der Waals surface area (Å²) < 4.78 is 0. The number of amides is 5. The summed E-state index contributed by atoms with van der Waals surface area (Å²) in [7, 11) is 0. The maximum absolute atomic E-state index is 13.7. The van der Waals surface area contributed by atoms with Gasteiger partial charge in [-0.3, -0.25) is 33.8 Å². The topological polar surface area (TPSA) is 389 Å².